The molecule has 0 saturated heterocycles. The molecule has 1 amide bonds. The molecule has 2 rings (SSSR count). The Morgan fingerprint density at radius 3 is 2.50 bits per heavy atom. The van der Waals surface area contributed by atoms with E-state index in [-0.39, 0.29) is 5.91 Å². The zero-order chi connectivity index (χ0) is 14.4. The minimum Gasteiger partial charge on any atom is -0.493 e. The molecule has 0 saturated carbocycles. The molecule has 104 valence electrons. The summed E-state index contributed by atoms with van der Waals surface area (Å²) in [5, 5.41) is 2.79. The summed E-state index contributed by atoms with van der Waals surface area (Å²) in [6.45, 7) is 0.383. The number of carbonyl (C=O) groups is 1. The van der Waals surface area contributed by atoms with E-state index in [9.17, 15) is 4.79 Å². The molecule has 6 heteroatoms. The lowest BCUT2D eigenvalue weighted by Gasteiger charge is -2.10. The fourth-order valence-electron chi connectivity index (χ4n) is 1.69. The van der Waals surface area contributed by atoms with Gasteiger partial charge in [-0.05, 0) is 17.7 Å². The Morgan fingerprint density at radius 1 is 1.15 bits per heavy atom. The number of carbonyl (C=O) groups excluding carboxylic acids is 1. The molecule has 1 aromatic carbocycles. The average Bonchev–Trinajstić information content (AvgIpc) is 2.53. The number of hydrogen-bond donors (Lipinski definition) is 1. The number of rotatable bonds is 5. The molecule has 0 aliphatic heterocycles. The standard InChI is InChI=1S/C14H15N3O3/c1-19-12-4-3-10(5-13(12)20-2)6-17-14(18)11-7-15-9-16-8-11/h3-5,7-9H,6H2,1-2H3,(H,17,18). The predicted molar refractivity (Wildman–Crippen MR) is 72.7 cm³/mol. The van der Waals surface area contributed by atoms with E-state index in [1.54, 1.807) is 20.3 Å². The van der Waals surface area contributed by atoms with Crippen LogP contribution in [0.4, 0.5) is 0 Å². The predicted octanol–water partition coefficient (Wildman–Crippen LogP) is 1.42. The van der Waals surface area contributed by atoms with Gasteiger partial charge in [-0.1, -0.05) is 6.07 Å². The molecule has 1 heterocycles. The smallest absolute Gasteiger partial charge is 0.254 e. The van der Waals surface area contributed by atoms with E-state index in [0.29, 0.717) is 23.6 Å². The molecule has 0 bridgehead atoms. The first-order valence-corrected chi connectivity index (χ1v) is 5.98. The summed E-state index contributed by atoms with van der Waals surface area (Å²) in [6, 6.07) is 5.48. The fraction of sp³-hybridized carbons (Fsp3) is 0.214. The SMILES string of the molecule is COc1ccc(CNC(=O)c2cncnc2)cc1OC. The Hall–Kier alpha value is -2.63. The van der Waals surface area contributed by atoms with Gasteiger partial charge in [0, 0.05) is 18.9 Å². The van der Waals surface area contributed by atoms with Gasteiger partial charge in [0.2, 0.25) is 0 Å². The number of amides is 1. The van der Waals surface area contributed by atoms with Crippen LogP contribution in [0.3, 0.4) is 0 Å². The van der Waals surface area contributed by atoms with Crippen LogP contribution in [0.1, 0.15) is 15.9 Å². The van der Waals surface area contributed by atoms with Crippen LogP contribution >= 0.6 is 0 Å². The van der Waals surface area contributed by atoms with Crippen molar-refractivity contribution in [3.8, 4) is 11.5 Å². The minimum absolute atomic E-state index is 0.222. The summed E-state index contributed by atoms with van der Waals surface area (Å²) >= 11 is 0. The molecule has 1 aromatic heterocycles. The van der Waals surface area contributed by atoms with Crippen molar-refractivity contribution in [3.63, 3.8) is 0 Å². The van der Waals surface area contributed by atoms with Gasteiger partial charge in [-0.3, -0.25) is 4.79 Å². The number of ether oxygens (including phenoxy) is 2. The van der Waals surface area contributed by atoms with E-state index in [2.05, 4.69) is 15.3 Å². The van der Waals surface area contributed by atoms with Crippen molar-refractivity contribution in [2.75, 3.05) is 14.2 Å². The van der Waals surface area contributed by atoms with Crippen molar-refractivity contribution < 1.29 is 14.3 Å². The lowest BCUT2D eigenvalue weighted by Crippen LogP contribution is -2.23. The molecule has 0 unspecified atom stereocenters. The number of nitrogens with one attached hydrogen (secondary N) is 1. The quantitative estimate of drug-likeness (QED) is 0.892. The van der Waals surface area contributed by atoms with E-state index in [1.165, 1.54) is 18.7 Å². The van der Waals surface area contributed by atoms with Gasteiger partial charge in [-0.2, -0.15) is 0 Å². The normalized spacial score (nSPS) is 9.90. The Balaban J connectivity index is 2.02. The molecule has 0 fully saturated rings. The first-order valence-electron chi connectivity index (χ1n) is 5.98. The molecular formula is C14H15N3O3. The molecule has 2 aromatic rings. The maximum absolute atomic E-state index is 11.8. The Kier molecular flexibility index (Phi) is 4.49. The molecule has 0 spiro atoms. The van der Waals surface area contributed by atoms with E-state index >= 15 is 0 Å². The first kappa shape index (κ1) is 13.8. The molecule has 0 aliphatic carbocycles. The van der Waals surface area contributed by atoms with Gasteiger partial charge in [-0.15, -0.1) is 0 Å². The van der Waals surface area contributed by atoms with Gasteiger partial charge in [0.1, 0.15) is 6.33 Å². The number of nitrogens with zero attached hydrogens (tertiary/aromatic N) is 2. The van der Waals surface area contributed by atoms with E-state index in [1.807, 2.05) is 12.1 Å². The van der Waals surface area contributed by atoms with Crippen molar-refractivity contribution in [2.45, 2.75) is 6.54 Å². The van der Waals surface area contributed by atoms with Gasteiger partial charge in [-0.25, -0.2) is 9.97 Å². The second kappa shape index (κ2) is 6.51. The molecule has 0 radical (unpaired) electrons. The molecule has 0 atom stereocenters. The summed E-state index contributed by atoms with van der Waals surface area (Å²) in [4.78, 5) is 19.5. The average molecular weight is 273 g/mol. The van der Waals surface area contributed by atoms with Gasteiger partial charge >= 0.3 is 0 Å². The molecule has 20 heavy (non-hydrogen) atoms. The number of methoxy groups -OCH3 is 2. The lowest BCUT2D eigenvalue weighted by atomic mass is 10.2. The second-order valence-corrected chi connectivity index (χ2v) is 4.00. The van der Waals surface area contributed by atoms with Crippen LogP contribution in [0.2, 0.25) is 0 Å². The third kappa shape index (κ3) is 3.23. The van der Waals surface area contributed by atoms with Gasteiger partial charge in [0.15, 0.2) is 11.5 Å². The molecule has 6 nitrogen and oxygen atoms in total. The summed E-state index contributed by atoms with van der Waals surface area (Å²) in [7, 11) is 3.15. The van der Waals surface area contributed by atoms with Gasteiger partial charge in [0.05, 0.1) is 19.8 Å². The third-order valence-electron chi connectivity index (χ3n) is 2.72. The number of aromatic nitrogens is 2. The van der Waals surface area contributed by atoms with Crippen LogP contribution < -0.4 is 14.8 Å². The highest BCUT2D eigenvalue weighted by Gasteiger charge is 2.07. The number of benzene rings is 1. The van der Waals surface area contributed by atoms with Crippen LogP contribution in [0.25, 0.3) is 0 Å². The van der Waals surface area contributed by atoms with E-state index in [0.717, 1.165) is 5.56 Å². The first-order chi connectivity index (χ1) is 9.74. The molecule has 0 aliphatic rings. The maximum atomic E-state index is 11.8. The fourth-order valence-corrected chi connectivity index (χ4v) is 1.69. The van der Waals surface area contributed by atoms with Crippen molar-refractivity contribution >= 4 is 5.91 Å². The summed E-state index contributed by atoms with van der Waals surface area (Å²) < 4.78 is 10.4. The second-order valence-electron chi connectivity index (χ2n) is 4.00. The zero-order valence-electron chi connectivity index (χ0n) is 11.3. The summed E-state index contributed by atoms with van der Waals surface area (Å²) in [5.74, 6) is 1.06. The Labute approximate surface area is 116 Å². The van der Waals surface area contributed by atoms with Crippen LogP contribution in [-0.4, -0.2) is 30.1 Å². The van der Waals surface area contributed by atoms with Gasteiger partial charge in [0.25, 0.3) is 5.91 Å². The zero-order valence-corrected chi connectivity index (χ0v) is 11.3. The maximum Gasteiger partial charge on any atom is 0.254 e. The largest absolute Gasteiger partial charge is 0.493 e. The van der Waals surface area contributed by atoms with Crippen molar-refractivity contribution in [1.29, 1.82) is 0 Å². The topological polar surface area (TPSA) is 73.3 Å². The van der Waals surface area contributed by atoms with Crippen LogP contribution in [0.15, 0.2) is 36.9 Å². The molecule has 1 N–H and O–H groups in total. The number of hydrogen-bond acceptors (Lipinski definition) is 5. The Bertz CT molecular complexity index is 587. The summed E-state index contributed by atoms with van der Waals surface area (Å²) in [5.41, 5.74) is 1.33. The highest BCUT2D eigenvalue weighted by atomic mass is 16.5. The monoisotopic (exact) mass is 273 g/mol. The lowest BCUT2D eigenvalue weighted by molar-refractivity contribution is 0.0950. The highest BCUT2D eigenvalue weighted by Crippen LogP contribution is 2.27. The van der Waals surface area contributed by atoms with Crippen LogP contribution in [0.5, 0.6) is 11.5 Å². The Morgan fingerprint density at radius 2 is 1.85 bits per heavy atom. The van der Waals surface area contributed by atoms with Crippen molar-refractivity contribution in [3.05, 3.63) is 48.0 Å². The van der Waals surface area contributed by atoms with Crippen molar-refractivity contribution in [2.24, 2.45) is 0 Å². The van der Waals surface area contributed by atoms with Crippen LogP contribution in [0, 0.1) is 0 Å². The van der Waals surface area contributed by atoms with E-state index < -0.39 is 0 Å². The molecular weight excluding hydrogens is 258 g/mol. The van der Waals surface area contributed by atoms with Crippen LogP contribution in [-0.2, 0) is 6.54 Å². The third-order valence-corrected chi connectivity index (χ3v) is 2.72. The van der Waals surface area contributed by atoms with E-state index in [4.69, 9.17) is 9.47 Å². The summed E-state index contributed by atoms with van der Waals surface area (Å²) in [6.07, 6.45) is 4.32. The minimum atomic E-state index is -0.222. The van der Waals surface area contributed by atoms with Gasteiger partial charge < -0.3 is 14.8 Å². The highest BCUT2D eigenvalue weighted by molar-refractivity contribution is 5.93. The van der Waals surface area contributed by atoms with Crippen molar-refractivity contribution in [1.82, 2.24) is 15.3 Å².